The molecule has 1 rings (SSSR count). The first-order valence-corrected chi connectivity index (χ1v) is 6.26. The maximum atomic E-state index is 11.6. The van der Waals surface area contributed by atoms with Crippen molar-refractivity contribution >= 4 is 12.0 Å². The van der Waals surface area contributed by atoms with Gasteiger partial charge in [0, 0.05) is 0 Å². The summed E-state index contributed by atoms with van der Waals surface area (Å²) in [5.41, 5.74) is 6.51. The molecule has 0 saturated carbocycles. The normalized spacial score (nSPS) is 12.0. The third kappa shape index (κ3) is 6.01. The number of rotatable bonds is 5. The van der Waals surface area contributed by atoms with Crippen LogP contribution in [0.3, 0.4) is 0 Å². The monoisotopic (exact) mass is 264 g/mol. The first kappa shape index (κ1) is 15.2. The predicted octanol–water partition coefficient (Wildman–Crippen LogP) is 1.81. The number of imide groups is 1. The Kier molecular flexibility index (Phi) is 6.02. The van der Waals surface area contributed by atoms with Gasteiger partial charge in [-0.2, -0.15) is 0 Å². The molecule has 19 heavy (non-hydrogen) atoms. The maximum Gasteiger partial charge on any atom is 0.414 e. The van der Waals surface area contributed by atoms with Crippen LogP contribution in [0.4, 0.5) is 4.79 Å². The fraction of sp³-hybridized carbons (Fsp3) is 0.429. The van der Waals surface area contributed by atoms with Crippen molar-refractivity contribution in [3.05, 3.63) is 35.9 Å². The zero-order valence-electron chi connectivity index (χ0n) is 11.3. The van der Waals surface area contributed by atoms with E-state index in [2.05, 4.69) is 5.32 Å². The standard InChI is InChI=1S/C14H20N2O3/c1-10(2)8-12(15)13(17)16-14(18)19-9-11-6-4-3-5-7-11/h3-7,10,12H,8-9,15H2,1-2H3,(H,16,17,18). The number of carbonyl (C=O) groups excluding carboxylic acids is 2. The van der Waals surface area contributed by atoms with Gasteiger partial charge < -0.3 is 10.5 Å². The minimum absolute atomic E-state index is 0.124. The van der Waals surface area contributed by atoms with Crippen LogP contribution in [-0.2, 0) is 16.1 Å². The number of amides is 2. The molecule has 0 aliphatic carbocycles. The van der Waals surface area contributed by atoms with E-state index in [1.165, 1.54) is 0 Å². The molecule has 0 aromatic heterocycles. The van der Waals surface area contributed by atoms with E-state index in [4.69, 9.17) is 10.5 Å². The van der Waals surface area contributed by atoms with E-state index >= 15 is 0 Å². The van der Waals surface area contributed by atoms with Crippen molar-refractivity contribution in [2.75, 3.05) is 0 Å². The van der Waals surface area contributed by atoms with E-state index < -0.39 is 18.0 Å². The third-order valence-corrected chi connectivity index (χ3v) is 2.50. The molecule has 1 unspecified atom stereocenters. The van der Waals surface area contributed by atoms with Crippen molar-refractivity contribution in [1.29, 1.82) is 0 Å². The molecule has 0 aliphatic heterocycles. The molecule has 0 heterocycles. The maximum absolute atomic E-state index is 11.6. The van der Waals surface area contributed by atoms with E-state index in [1.807, 2.05) is 44.2 Å². The Morgan fingerprint density at radius 3 is 2.47 bits per heavy atom. The molecule has 0 spiro atoms. The first-order valence-electron chi connectivity index (χ1n) is 6.26. The Balaban J connectivity index is 2.33. The van der Waals surface area contributed by atoms with Crippen molar-refractivity contribution in [2.24, 2.45) is 11.7 Å². The van der Waals surface area contributed by atoms with Gasteiger partial charge in [-0.3, -0.25) is 10.1 Å². The lowest BCUT2D eigenvalue weighted by atomic mass is 10.0. The van der Waals surface area contributed by atoms with E-state index in [0.717, 1.165) is 5.56 Å². The van der Waals surface area contributed by atoms with Gasteiger partial charge in [0.05, 0.1) is 6.04 Å². The SMILES string of the molecule is CC(C)CC(N)C(=O)NC(=O)OCc1ccccc1. The molecule has 1 atom stereocenters. The van der Waals surface area contributed by atoms with Gasteiger partial charge in [-0.15, -0.1) is 0 Å². The lowest BCUT2D eigenvalue weighted by Gasteiger charge is -2.13. The summed E-state index contributed by atoms with van der Waals surface area (Å²) in [5.74, 6) is -0.215. The van der Waals surface area contributed by atoms with Crippen LogP contribution in [0.1, 0.15) is 25.8 Å². The molecule has 5 nitrogen and oxygen atoms in total. The molecule has 0 saturated heterocycles. The Bertz CT molecular complexity index is 418. The molecule has 5 heteroatoms. The Morgan fingerprint density at radius 2 is 1.89 bits per heavy atom. The number of nitrogens with one attached hydrogen (secondary N) is 1. The third-order valence-electron chi connectivity index (χ3n) is 2.50. The fourth-order valence-corrected chi connectivity index (χ4v) is 1.57. The highest BCUT2D eigenvalue weighted by Gasteiger charge is 2.17. The van der Waals surface area contributed by atoms with Gasteiger partial charge in [-0.05, 0) is 17.9 Å². The smallest absolute Gasteiger partial charge is 0.414 e. The van der Waals surface area contributed by atoms with Crippen molar-refractivity contribution in [3.63, 3.8) is 0 Å². The molecule has 2 amide bonds. The lowest BCUT2D eigenvalue weighted by molar-refractivity contribution is -0.122. The van der Waals surface area contributed by atoms with E-state index in [9.17, 15) is 9.59 Å². The molecule has 0 aliphatic rings. The van der Waals surface area contributed by atoms with E-state index in [-0.39, 0.29) is 6.61 Å². The van der Waals surface area contributed by atoms with Gasteiger partial charge in [-0.1, -0.05) is 44.2 Å². The second-order valence-corrected chi connectivity index (χ2v) is 4.79. The fourth-order valence-electron chi connectivity index (χ4n) is 1.57. The molecule has 0 bridgehead atoms. The van der Waals surface area contributed by atoms with Crippen LogP contribution < -0.4 is 11.1 Å². The highest BCUT2D eigenvalue weighted by molar-refractivity contribution is 5.94. The van der Waals surface area contributed by atoms with E-state index in [1.54, 1.807) is 0 Å². The highest BCUT2D eigenvalue weighted by Crippen LogP contribution is 2.03. The second-order valence-electron chi connectivity index (χ2n) is 4.79. The molecular formula is C14H20N2O3. The molecular weight excluding hydrogens is 244 g/mol. The molecule has 1 aromatic carbocycles. The topological polar surface area (TPSA) is 81.4 Å². The summed E-state index contributed by atoms with van der Waals surface area (Å²) in [6, 6.07) is 8.54. The van der Waals surface area contributed by atoms with Crippen molar-refractivity contribution in [2.45, 2.75) is 32.9 Å². The minimum Gasteiger partial charge on any atom is -0.444 e. The van der Waals surface area contributed by atoms with Gasteiger partial charge in [0.15, 0.2) is 0 Å². The van der Waals surface area contributed by atoms with Crippen molar-refractivity contribution < 1.29 is 14.3 Å². The second kappa shape index (κ2) is 7.53. The van der Waals surface area contributed by atoms with Crippen LogP contribution in [0, 0.1) is 5.92 Å². The zero-order chi connectivity index (χ0) is 14.3. The number of hydrogen-bond acceptors (Lipinski definition) is 4. The summed E-state index contributed by atoms with van der Waals surface area (Å²) in [6.45, 7) is 4.04. The predicted molar refractivity (Wildman–Crippen MR) is 72.2 cm³/mol. The van der Waals surface area contributed by atoms with Gasteiger partial charge in [0.1, 0.15) is 6.61 Å². The summed E-state index contributed by atoms with van der Waals surface area (Å²) in [7, 11) is 0. The molecule has 0 fully saturated rings. The Hall–Kier alpha value is -1.88. The van der Waals surface area contributed by atoms with Crippen LogP contribution in [0.5, 0.6) is 0 Å². The van der Waals surface area contributed by atoms with Crippen LogP contribution in [0.25, 0.3) is 0 Å². The van der Waals surface area contributed by atoms with Crippen LogP contribution in [0.15, 0.2) is 30.3 Å². The first-order chi connectivity index (χ1) is 8.99. The average molecular weight is 264 g/mol. The molecule has 3 N–H and O–H groups in total. The number of alkyl carbamates (subject to hydrolysis) is 1. The van der Waals surface area contributed by atoms with Gasteiger partial charge >= 0.3 is 6.09 Å². The van der Waals surface area contributed by atoms with Crippen molar-refractivity contribution in [3.8, 4) is 0 Å². The summed E-state index contributed by atoms with van der Waals surface area (Å²) in [4.78, 5) is 23.0. The minimum atomic E-state index is -0.770. The molecule has 0 radical (unpaired) electrons. The zero-order valence-corrected chi connectivity index (χ0v) is 11.3. The molecule has 104 valence electrons. The highest BCUT2D eigenvalue weighted by atomic mass is 16.5. The lowest BCUT2D eigenvalue weighted by Crippen LogP contribution is -2.44. The number of ether oxygens (including phenoxy) is 1. The number of carbonyl (C=O) groups is 2. The number of hydrogen-bond donors (Lipinski definition) is 2. The van der Waals surface area contributed by atoms with Crippen LogP contribution in [0.2, 0.25) is 0 Å². The summed E-state index contributed by atoms with van der Waals surface area (Å²) < 4.78 is 4.93. The summed E-state index contributed by atoms with van der Waals surface area (Å²) >= 11 is 0. The number of nitrogens with two attached hydrogens (primary N) is 1. The van der Waals surface area contributed by atoms with Crippen LogP contribution >= 0.6 is 0 Å². The summed E-state index contributed by atoms with van der Waals surface area (Å²) in [5, 5.41) is 2.13. The quantitative estimate of drug-likeness (QED) is 0.849. The molecule has 1 aromatic rings. The number of benzene rings is 1. The average Bonchev–Trinajstić information content (AvgIpc) is 2.36. The Morgan fingerprint density at radius 1 is 1.26 bits per heavy atom. The Labute approximate surface area is 113 Å². The van der Waals surface area contributed by atoms with Gasteiger partial charge in [-0.25, -0.2) is 4.79 Å². The largest absolute Gasteiger partial charge is 0.444 e. The van der Waals surface area contributed by atoms with Gasteiger partial charge in [0.2, 0.25) is 5.91 Å². The van der Waals surface area contributed by atoms with E-state index in [0.29, 0.717) is 12.3 Å². The summed E-state index contributed by atoms with van der Waals surface area (Å²) in [6.07, 6.45) is -0.245. The van der Waals surface area contributed by atoms with Crippen LogP contribution in [-0.4, -0.2) is 18.0 Å². The van der Waals surface area contributed by atoms with Gasteiger partial charge in [0.25, 0.3) is 0 Å². The van der Waals surface area contributed by atoms with Crippen molar-refractivity contribution in [1.82, 2.24) is 5.32 Å².